The van der Waals surface area contributed by atoms with E-state index < -0.39 is 0 Å². The zero-order chi connectivity index (χ0) is 25.0. The van der Waals surface area contributed by atoms with Gasteiger partial charge in [-0.3, -0.25) is 0 Å². The molecule has 0 unspecified atom stereocenters. The lowest BCUT2D eigenvalue weighted by Gasteiger charge is -2.11. The van der Waals surface area contributed by atoms with Gasteiger partial charge in [-0.2, -0.15) is 0 Å². The summed E-state index contributed by atoms with van der Waals surface area (Å²) in [5.74, 6) is 0. The van der Waals surface area contributed by atoms with Crippen molar-refractivity contribution in [1.29, 1.82) is 0 Å². The Labute approximate surface area is 220 Å². The van der Waals surface area contributed by atoms with Gasteiger partial charge >= 0.3 is 0 Å². The number of aryl methyl sites for hydroxylation is 2. The van der Waals surface area contributed by atoms with Gasteiger partial charge in [-0.1, -0.05) is 152 Å². The molecule has 0 N–H and O–H groups in total. The molecule has 192 valence electrons. The van der Waals surface area contributed by atoms with E-state index in [1.165, 1.54) is 146 Å². The summed E-state index contributed by atoms with van der Waals surface area (Å²) in [7, 11) is 0. The van der Waals surface area contributed by atoms with Crippen molar-refractivity contribution >= 4 is 32.3 Å². The molecular weight excluding hydrogens is 432 g/mol. The number of hydrogen-bond donors (Lipinski definition) is 0. The zero-order valence-corrected chi connectivity index (χ0v) is 23.1. The van der Waals surface area contributed by atoms with E-state index in [1.807, 2.05) is 0 Å². The number of hydrogen-bond acceptors (Lipinski definition) is 0. The van der Waals surface area contributed by atoms with Crippen molar-refractivity contribution < 1.29 is 0 Å². The molecule has 0 aliphatic heterocycles. The van der Waals surface area contributed by atoms with E-state index in [4.69, 9.17) is 0 Å². The fraction of sp³-hybridized carbons (Fsp3) is 0.500. The highest BCUT2D eigenvalue weighted by molar-refractivity contribution is 6.17. The van der Waals surface area contributed by atoms with Gasteiger partial charge in [0.15, 0.2) is 0 Å². The summed E-state index contributed by atoms with van der Waals surface area (Å²) in [4.78, 5) is 0. The fourth-order valence-electron chi connectivity index (χ4n) is 5.84. The highest BCUT2D eigenvalue weighted by Crippen LogP contribution is 2.33. The van der Waals surface area contributed by atoms with Crippen LogP contribution in [0.4, 0.5) is 0 Å². The molecule has 0 saturated heterocycles. The predicted octanol–water partition coefficient (Wildman–Crippen LogP) is 11.7. The molecule has 4 aromatic rings. The van der Waals surface area contributed by atoms with Gasteiger partial charge in [-0.15, -0.1) is 0 Å². The van der Waals surface area contributed by atoms with Crippen LogP contribution < -0.4 is 0 Å². The van der Waals surface area contributed by atoms with Crippen molar-refractivity contribution in [2.45, 2.75) is 117 Å². The van der Waals surface area contributed by atoms with E-state index >= 15 is 0 Å². The molecule has 4 rings (SSSR count). The van der Waals surface area contributed by atoms with E-state index in [0.29, 0.717) is 0 Å². The van der Waals surface area contributed by atoms with Crippen molar-refractivity contribution in [3.63, 3.8) is 0 Å². The SMILES string of the molecule is CCCCCCCCCc1ccc2ccc3c4cc(CCCCCCCCC)ccc4ccc3c2c1. The molecule has 0 heterocycles. The Morgan fingerprint density at radius 1 is 0.361 bits per heavy atom. The maximum absolute atomic E-state index is 2.48. The summed E-state index contributed by atoms with van der Waals surface area (Å²) in [5, 5.41) is 8.40. The van der Waals surface area contributed by atoms with Gasteiger partial charge in [-0.25, -0.2) is 0 Å². The first-order valence-electron chi connectivity index (χ1n) is 15.2. The molecule has 0 aromatic heterocycles. The minimum absolute atomic E-state index is 1.20. The van der Waals surface area contributed by atoms with Crippen LogP contribution in [-0.4, -0.2) is 0 Å². The van der Waals surface area contributed by atoms with Crippen LogP contribution >= 0.6 is 0 Å². The van der Waals surface area contributed by atoms with E-state index in [2.05, 4.69) is 74.5 Å². The van der Waals surface area contributed by atoms with Gasteiger partial charge in [0.25, 0.3) is 0 Å². The molecule has 0 aliphatic rings. The van der Waals surface area contributed by atoms with E-state index in [9.17, 15) is 0 Å². The van der Waals surface area contributed by atoms with E-state index in [1.54, 1.807) is 0 Å². The predicted molar refractivity (Wildman–Crippen MR) is 162 cm³/mol. The molecule has 0 radical (unpaired) electrons. The third kappa shape index (κ3) is 7.34. The maximum Gasteiger partial charge on any atom is -0.00989 e. The minimum atomic E-state index is 1.20. The lowest BCUT2D eigenvalue weighted by atomic mass is 9.93. The van der Waals surface area contributed by atoms with Gasteiger partial charge in [0.05, 0.1) is 0 Å². The highest BCUT2D eigenvalue weighted by Gasteiger charge is 2.07. The second-order valence-electron chi connectivity index (χ2n) is 11.1. The summed E-state index contributed by atoms with van der Waals surface area (Å²) in [6.45, 7) is 4.59. The number of fused-ring (bicyclic) bond motifs is 5. The highest BCUT2D eigenvalue weighted by atomic mass is 14.1. The average Bonchev–Trinajstić information content (AvgIpc) is 2.91. The van der Waals surface area contributed by atoms with Crippen LogP contribution in [0, 0.1) is 0 Å². The van der Waals surface area contributed by atoms with Gasteiger partial charge in [0, 0.05) is 0 Å². The molecule has 0 aliphatic carbocycles. The molecule has 0 heteroatoms. The fourth-order valence-corrected chi connectivity index (χ4v) is 5.84. The summed E-state index contributed by atoms with van der Waals surface area (Å²) in [5.41, 5.74) is 2.99. The van der Waals surface area contributed by atoms with Gasteiger partial charge in [-0.05, 0) is 69.1 Å². The molecule has 4 aromatic carbocycles. The van der Waals surface area contributed by atoms with Crippen molar-refractivity contribution in [1.82, 2.24) is 0 Å². The topological polar surface area (TPSA) is 0 Å². The van der Waals surface area contributed by atoms with Gasteiger partial charge < -0.3 is 0 Å². The average molecular weight is 481 g/mol. The van der Waals surface area contributed by atoms with Crippen LogP contribution in [-0.2, 0) is 12.8 Å². The normalized spacial score (nSPS) is 11.7. The molecule has 0 atom stereocenters. The first-order valence-corrected chi connectivity index (χ1v) is 15.2. The van der Waals surface area contributed by atoms with Crippen LogP contribution in [0.5, 0.6) is 0 Å². The number of unbranched alkanes of at least 4 members (excludes halogenated alkanes) is 12. The van der Waals surface area contributed by atoms with E-state index in [-0.39, 0.29) is 0 Å². The van der Waals surface area contributed by atoms with Crippen LogP contribution in [0.3, 0.4) is 0 Å². The summed E-state index contributed by atoms with van der Waals surface area (Å²) < 4.78 is 0. The first-order chi connectivity index (χ1) is 17.8. The Balaban J connectivity index is 1.45. The largest absolute Gasteiger partial charge is 0.0654 e. The Morgan fingerprint density at radius 2 is 0.722 bits per heavy atom. The maximum atomic E-state index is 2.48. The standard InChI is InChI=1S/C36H48/c1-3-5-7-9-11-13-15-17-29-19-21-31-23-26-34-33(35(31)27-29)25-24-32-22-20-30(28-36(32)34)18-16-14-12-10-8-6-4-2/h19-28H,3-18H2,1-2H3. The molecule has 0 fully saturated rings. The van der Waals surface area contributed by atoms with Crippen LogP contribution in [0.2, 0.25) is 0 Å². The van der Waals surface area contributed by atoms with Crippen LogP contribution in [0.15, 0.2) is 60.7 Å². The molecular formula is C36H48. The summed E-state index contributed by atoms with van der Waals surface area (Å²) in [6, 6.07) is 23.7. The number of benzene rings is 4. The van der Waals surface area contributed by atoms with Crippen molar-refractivity contribution in [3.05, 3.63) is 71.8 Å². The third-order valence-corrected chi connectivity index (χ3v) is 8.10. The molecule has 0 saturated carbocycles. The lowest BCUT2D eigenvalue weighted by molar-refractivity contribution is 0.589. The van der Waals surface area contributed by atoms with Crippen molar-refractivity contribution in [2.24, 2.45) is 0 Å². The van der Waals surface area contributed by atoms with E-state index in [0.717, 1.165) is 0 Å². The second-order valence-corrected chi connectivity index (χ2v) is 11.1. The molecule has 0 bridgehead atoms. The van der Waals surface area contributed by atoms with Crippen LogP contribution in [0.25, 0.3) is 32.3 Å². The lowest BCUT2D eigenvalue weighted by Crippen LogP contribution is -1.89. The third-order valence-electron chi connectivity index (χ3n) is 8.10. The minimum Gasteiger partial charge on any atom is -0.0654 e. The monoisotopic (exact) mass is 480 g/mol. The van der Waals surface area contributed by atoms with Crippen LogP contribution in [0.1, 0.15) is 115 Å². The van der Waals surface area contributed by atoms with Gasteiger partial charge in [0.1, 0.15) is 0 Å². The van der Waals surface area contributed by atoms with Gasteiger partial charge in [0.2, 0.25) is 0 Å². The zero-order valence-electron chi connectivity index (χ0n) is 23.1. The Morgan fingerprint density at radius 3 is 1.14 bits per heavy atom. The second kappa shape index (κ2) is 14.4. The molecule has 0 nitrogen and oxygen atoms in total. The number of rotatable bonds is 16. The molecule has 36 heavy (non-hydrogen) atoms. The van der Waals surface area contributed by atoms with Crippen molar-refractivity contribution in [3.8, 4) is 0 Å². The Hall–Kier alpha value is -2.34. The first kappa shape index (κ1) is 26.7. The summed E-state index contributed by atoms with van der Waals surface area (Å²) in [6.07, 6.45) is 21.6. The molecule has 0 spiro atoms. The Bertz CT molecular complexity index is 1120. The smallest absolute Gasteiger partial charge is 0.00989 e. The summed E-state index contributed by atoms with van der Waals surface area (Å²) >= 11 is 0. The quantitative estimate of drug-likeness (QED) is 0.110. The Kier molecular flexibility index (Phi) is 10.7. The molecule has 0 amide bonds. The van der Waals surface area contributed by atoms with Crippen molar-refractivity contribution in [2.75, 3.05) is 0 Å².